The number of aromatic nitrogens is 1. The Morgan fingerprint density at radius 2 is 1.53 bits per heavy atom. The van der Waals surface area contributed by atoms with E-state index in [9.17, 15) is 14.4 Å². The van der Waals surface area contributed by atoms with E-state index >= 15 is 0 Å². The van der Waals surface area contributed by atoms with E-state index in [0.717, 1.165) is 24.0 Å². The first-order valence-electron chi connectivity index (χ1n) is 15.2. The molecule has 3 aromatic rings. The molecule has 10 nitrogen and oxygen atoms in total. The van der Waals surface area contributed by atoms with Gasteiger partial charge >= 0.3 is 11.9 Å². The van der Waals surface area contributed by atoms with E-state index in [0.29, 0.717) is 5.75 Å². The molecule has 242 valence electrons. The third-order valence-corrected chi connectivity index (χ3v) is 7.49. The molecule has 3 rings (SSSR count). The number of nitrogens with zero attached hydrogens (tertiary/aromatic N) is 1. The summed E-state index contributed by atoms with van der Waals surface area (Å²) in [5, 5.41) is 2.74. The van der Waals surface area contributed by atoms with Crippen LogP contribution in [0.4, 0.5) is 0 Å². The van der Waals surface area contributed by atoms with E-state index in [4.69, 9.17) is 23.7 Å². The Labute approximate surface area is 265 Å². The molecule has 0 unspecified atom stereocenters. The summed E-state index contributed by atoms with van der Waals surface area (Å²) in [6, 6.07) is 18.4. The van der Waals surface area contributed by atoms with Gasteiger partial charge in [0.15, 0.2) is 17.2 Å². The van der Waals surface area contributed by atoms with Crippen LogP contribution in [0.2, 0.25) is 0 Å². The molecular formula is C35H44N2O8. The number of rotatable bonds is 16. The summed E-state index contributed by atoms with van der Waals surface area (Å²) in [5.41, 5.74) is 2.05. The maximum atomic E-state index is 13.5. The smallest absolute Gasteiger partial charge is 0.329 e. The fraction of sp³-hybridized carbons (Fsp3) is 0.429. The number of pyridine rings is 1. The van der Waals surface area contributed by atoms with Crippen LogP contribution in [0.25, 0.3) is 11.1 Å². The minimum absolute atomic E-state index is 0.0246. The summed E-state index contributed by atoms with van der Waals surface area (Å²) >= 11 is 0. The molecule has 3 atom stereocenters. The van der Waals surface area contributed by atoms with Gasteiger partial charge in [0, 0.05) is 19.2 Å². The number of nitrogens with one attached hydrogen (secondary N) is 1. The number of benzene rings is 2. The molecule has 2 aromatic carbocycles. The lowest BCUT2D eigenvalue weighted by atomic mass is 9.92. The number of methoxy groups -OCH3 is 1. The maximum absolute atomic E-state index is 13.5. The molecule has 0 aliphatic carbocycles. The van der Waals surface area contributed by atoms with Crippen LogP contribution in [0.5, 0.6) is 17.2 Å². The molecule has 1 aromatic heterocycles. The fourth-order valence-electron chi connectivity index (χ4n) is 4.94. The van der Waals surface area contributed by atoms with Gasteiger partial charge in [0.25, 0.3) is 5.91 Å². The first-order chi connectivity index (χ1) is 21.6. The Kier molecular flexibility index (Phi) is 13.2. The summed E-state index contributed by atoms with van der Waals surface area (Å²) in [6.45, 7) is 10.4. The van der Waals surface area contributed by atoms with Crippen molar-refractivity contribution in [3.63, 3.8) is 0 Å². The van der Waals surface area contributed by atoms with Gasteiger partial charge in [0.2, 0.25) is 6.79 Å². The van der Waals surface area contributed by atoms with Crippen molar-refractivity contribution >= 4 is 17.8 Å². The molecule has 0 radical (unpaired) electrons. The third kappa shape index (κ3) is 9.69. The first-order valence-corrected chi connectivity index (χ1v) is 15.2. The fourth-order valence-corrected chi connectivity index (χ4v) is 4.94. The van der Waals surface area contributed by atoms with Crippen molar-refractivity contribution in [1.29, 1.82) is 0 Å². The lowest BCUT2D eigenvalue weighted by Crippen LogP contribution is -2.48. The number of carbonyl (C=O) groups is 3. The van der Waals surface area contributed by atoms with Crippen LogP contribution in [0.3, 0.4) is 0 Å². The van der Waals surface area contributed by atoms with Gasteiger partial charge in [0.05, 0.1) is 7.11 Å². The van der Waals surface area contributed by atoms with Gasteiger partial charge in [-0.05, 0) is 54.9 Å². The molecule has 0 aliphatic heterocycles. The highest BCUT2D eigenvalue weighted by atomic mass is 16.7. The highest BCUT2D eigenvalue weighted by molar-refractivity contribution is 5.98. The molecule has 0 fully saturated rings. The lowest BCUT2D eigenvalue weighted by Gasteiger charge is -2.32. The van der Waals surface area contributed by atoms with Crippen LogP contribution in [0.1, 0.15) is 64.9 Å². The zero-order valence-electron chi connectivity index (χ0n) is 27.1. The number of ether oxygens (including phenoxy) is 5. The maximum Gasteiger partial charge on any atom is 0.329 e. The zero-order chi connectivity index (χ0) is 32.9. The van der Waals surface area contributed by atoms with Crippen molar-refractivity contribution in [3.8, 4) is 28.4 Å². The molecule has 0 aliphatic rings. The van der Waals surface area contributed by atoms with Crippen LogP contribution in [0.15, 0.2) is 66.9 Å². The van der Waals surface area contributed by atoms with Crippen LogP contribution in [-0.4, -0.2) is 55.0 Å². The molecule has 0 saturated heterocycles. The van der Waals surface area contributed by atoms with Crippen LogP contribution in [-0.2, 0) is 19.1 Å². The van der Waals surface area contributed by atoms with Gasteiger partial charge in [-0.15, -0.1) is 0 Å². The second-order valence-corrected chi connectivity index (χ2v) is 11.0. The Balaban J connectivity index is 1.76. The van der Waals surface area contributed by atoms with Gasteiger partial charge in [-0.3, -0.25) is 9.59 Å². The van der Waals surface area contributed by atoms with Crippen molar-refractivity contribution < 1.29 is 38.1 Å². The third-order valence-electron chi connectivity index (χ3n) is 7.49. The summed E-state index contributed by atoms with van der Waals surface area (Å²) < 4.78 is 28.1. The van der Waals surface area contributed by atoms with Crippen LogP contribution >= 0.6 is 0 Å². The van der Waals surface area contributed by atoms with E-state index in [-0.39, 0.29) is 29.0 Å². The molecule has 0 bridgehead atoms. The molecule has 1 N–H and O–H groups in total. The minimum atomic E-state index is -0.998. The summed E-state index contributed by atoms with van der Waals surface area (Å²) in [4.78, 5) is 42.3. The number of hydrogen-bond acceptors (Lipinski definition) is 9. The van der Waals surface area contributed by atoms with Crippen LogP contribution in [0, 0.1) is 11.8 Å². The Bertz CT molecular complexity index is 1390. The molecule has 10 heteroatoms. The average Bonchev–Trinajstić information content (AvgIpc) is 3.03. The van der Waals surface area contributed by atoms with E-state index < -0.39 is 42.9 Å². The standard InChI is InChI=1S/C35H44N2O8/c1-8-25(9-2)32(45-28-17-15-27(16-18-28)26-13-11-10-12-14-26)23(5)44-35(40)30(22(3)4)37-34(39)31-33(43-21-42-24(6)38)29(41-7)19-20-36-31/h10-20,22-23,25,30,32H,8-9,21H2,1-7H3,(H,37,39)/t23-,30-,32-/m0/s1. The molecule has 1 amide bonds. The monoisotopic (exact) mass is 620 g/mol. The van der Waals surface area contributed by atoms with Crippen molar-refractivity contribution in [2.45, 2.75) is 72.6 Å². The highest BCUT2D eigenvalue weighted by Gasteiger charge is 2.34. The van der Waals surface area contributed by atoms with E-state index in [2.05, 4.69) is 36.3 Å². The SMILES string of the molecule is CCC(CC)[C@@H](Oc1ccc(-c2ccccc2)cc1)[C@H](C)OC(=O)[C@@H](NC(=O)c1nccc(OC)c1OCOC(C)=O)C(C)C. The highest BCUT2D eigenvalue weighted by Crippen LogP contribution is 2.30. The number of esters is 2. The van der Waals surface area contributed by atoms with Gasteiger partial charge in [-0.25, -0.2) is 9.78 Å². The van der Waals surface area contributed by atoms with Crippen molar-refractivity contribution in [1.82, 2.24) is 10.3 Å². The van der Waals surface area contributed by atoms with E-state index in [1.54, 1.807) is 13.8 Å². The largest absolute Gasteiger partial charge is 0.493 e. The van der Waals surface area contributed by atoms with Crippen molar-refractivity contribution in [2.75, 3.05) is 13.9 Å². The average molecular weight is 621 g/mol. The van der Waals surface area contributed by atoms with Gasteiger partial charge in [-0.2, -0.15) is 0 Å². The molecule has 0 spiro atoms. The first kappa shape index (κ1) is 34.9. The summed E-state index contributed by atoms with van der Waals surface area (Å²) in [5.74, 6) is -1.18. The minimum Gasteiger partial charge on any atom is -0.493 e. The normalized spacial score (nSPS) is 13.0. The van der Waals surface area contributed by atoms with Crippen LogP contribution < -0.4 is 19.5 Å². The Hall–Kier alpha value is -4.60. The van der Waals surface area contributed by atoms with Gasteiger partial charge < -0.3 is 29.0 Å². The topological polar surface area (TPSA) is 122 Å². The predicted octanol–water partition coefficient (Wildman–Crippen LogP) is 6.23. The van der Waals surface area contributed by atoms with Crippen molar-refractivity contribution in [2.24, 2.45) is 11.8 Å². The molecule has 0 saturated carbocycles. The van der Waals surface area contributed by atoms with Gasteiger partial charge in [0.1, 0.15) is 24.0 Å². The quantitative estimate of drug-likeness (QED) is 0.147. The number of carbonyl (C=O) groups excluding carboxylic acids is 3. The Morgan fingerprint density at radius 1 is 0.889 bits per heavy atom. The number of hydrogen-bond donors (Lipinski definition) is 1. The van der Waals surface area contributed by atoms with E-state index in [1.165, 1.54) is 26.3 Å². The molecule has 1 heterocycles. The second kappa shape index (κ2) is 17.0. The van der Waals surface area contributed by atoms with E-state index in [1.807, 2.05) is 49.4 Å². The lowest BCUT2D eigenvalue weighted by molar-refractivity contribution is -0.158. The number of amides is 1. The molecule has 45 heavy (non-hydrogen) atoms. The Morgan fingerprint density at radius 3 is 2.11 bits per heavy atom. The van der Waals surface area contributed by atoms with Crippen molar-refractivity contribution in [3.05, 3.63) is 72.6 Å². The molecular weight excluding hydrogens is 576 g/mol. The zero-order valence-corrected chi connectivity index (χ0v) is 27.1. The van der Waals surface area contributed by atoms with Gasteiger partial charge in [-0.1, -0.05) is 70.2 Å². The predicted molar refractivity (Wildman–Crippen MR) is 170 cm³/mol. The summed E-state index contributed by atoms with van der Waals surface area (Å²) in [7, 11) is 1.40. The second-order valence-electron chi connectivity index (χ2n) is 11.0. The summed E-state index contributed by atoms with van der Waals surface area (Å²) in [6.07, 6.45) is 1.99.